The summed E-state index contributed by atoms with van der Waals surface area (Å²) in [7, 11) is 0. The lowest BCUT2D eigenvalue weighted by molar-refractivity contribution is -0.120. The summed E-state index contributed by atoms with van der Waals surface area (Å²) in [5.74, 6) is 0.221. The number of carbonyl (C=O) groups is 2. The van der Waals surface area contributed by atoms with Crippen molar-refractivity contribution in [1.82, 2.24) is 5.48 Å². The zero-order valence-corrected chi connectivity index (χ0v) is 13.4. The Bertz CT molecular complexity index is 654. The van der Waals surface area contributed by atoms with Crippen LogP contribution in [-0.2, 0) is 16.1 Å². The molecule has 1 N–H and O–H groups in total. The Kier molecular flexibility index (Phi) is 6.11. The maximum atomic E-state index is 12.1. The third-order valence-electron chi connectivity index (χ3n) is 3.59. The molecular weight excluding hydrogens is 294 g/mol. The van der Waals surface area contributed by atoms with Crippen LogP contribution in [-0.4, -0.2) is 19.0 Å². The van der Waals surface area contributed by atoms with Crippen molar-refractivity contribution in [3.8, 4) is 16.9 Å². The van der Waals surface area contributed by atoms with Gasteiger partial charge in [-0.2, -0.15) is 0 Å². The average Bonchev–Trinajstić information content (AvgIpc) is 2.74. The molecule has 122 valence electrons. The van der Waals surface area contributed by atoms with E-state index in [1.807, 2.05) is 18.2 Å². The molecule has 0 spiro atoms. The Morgan fingerprint density at radius 3 is 2.74 bits per heavy atom. The van der Waals surface area contributed by atoms with Crippen LogP contribution >= 0.6 is 0 Å². The Morgan fingerprint density at radius 2 is 2.04 bits per heavy atom. The maximum absolute atomic E-state index is 12.1. The highest BCUT2D eigenvalue weighted by Gasteiger charge is 2.18. The third-order valence-corrected chi connectivity index (χ3v) is 3.59. The van der Waals surface area contributed by atoms with Crippen molar-refractivity contribution in [3.63, 3.8) is 0 Å². The smallest absolute Gasteiger partial charge is 0.298 e. The summed E-state index contributed by atoms with van der Waals surface area (Å²) >= 11 is 0. The zero-order valence-electron chi connectivity index (χ0n) is 13.4. The number of fused-ring (bicyclic) bond motifs is 1. The molecule has 2 aliphatic carbocycles. The van der Waals surface area contributed by atoms with Crippen LogP contribution in [0.25, 0.3) is 11.1 Å². The van der Waals surface area contributed by atoms with E-state index in [0.29, 0.717) is 24.4 Å². The predicted octanol–water partition coefficient (Wildman–Crippen LogP) is 3.35. The summed E-state index contributed by atoms with van der Waals surface area (Å²) in [6.07, 6.45) is 2.96. The van der Waals surface area contributed by atoms with Gasteiger partial charge in [0, 0.05) is 11.1 Å². The number of hydrogen-bond acceptors (Lipinski definition) is 4. The molecule has 1 amide bonds. The quantitative estimate of drug-likeness (QED) is 0.599. The predicted molar refractivity (Wildman–Crippen MR) is 87.5 cm³/mol. The molecule has 0 aromatic rings. The standard InChI is InChI=1S/C18H21NO4/c1-3-5-7-13-11-17(22-12-20)15-9-6-8-14(10-16(13)15)18(21)19-23-4-2/h6,8-12H,3-5,7H2,1-2H3,(H,19,21). The van der Waals surface area contributed by atoms with E-state index in [4.69, 9.17) is 9.57 Å². The number of rotatable bonds is 8. The molecule has 0 unspecified atom stereocenters. The lowest BCUT2D eigenvalue weighted by atomic mass is 10.0. The molecule has 5 nitrogen and oxygen atoms in total. The van der Waals surface area contributed by atoms with Crippen LogP contribution in [0.1, 0.15) is 42.6 Å². The molecule has 0 saturated heterocycles. The molecule has 0 radical (unpaired) electrons. The van der Waals surface area contributed by atoms with Crippen LogP contribution in [0, 0.1) is 0 Å². The molecule has 0 aromatic carbocycles. The normalized spacial score (nSPS) is 10.5. The van der Waals surface area contributed by atoms with E-state index in [1.165, 1.54) is 0 Å². The number of unbranched alkanes of at least 4 members (excludes halogenated alkanes) is 1. The molecule has 0 fully saturated rings. The molecule has 23 heavy (non-hydrogen) atoms. The molecule has 0 aromatic heterocycles. The second-order valence-electron chi connectivity index (χ2n) is 5.17. The summed E-state index contributed by atoms with van der Waals surface area (Å²) < 4.78 is 5.08. The van der Waals surface area contributed by atoms with Crippen molar-refractivity contribution < 1.29 is 19.2 Å². The van der Waals surface area contributed by atoms with E-state index >= 15 is 0 Å². The van der Waals surface area contributed by atoms with Gasteiger partial charge in [-0.05, 0) is 49.1 Å². The van der Waals surface area contributed by atoms with Gasteiger partial charge in [0.1, 0.15) is 5.75 Å². The fourth-order valence-corrected chi connectivity index (χ4v) is 2.47. The summed E-state index contributed by atoms with van der Waals surface area (Å²) in [6.45, 7) is 4.74. The summed E-state index contributed by atoms with van der Waals surface area (Å²) in [4.78, 5) is 27.8. The number of ether oxygens (including phenoxy) is 1. The first kappa shape index (κ1) is 17.0. The number of hydrogen-bond donors (Lipinski definition) is 1. The van der Waals surface area contributed by atoms with Crippen molar-refractivity contribution in [2.45, 2.75) is 33.1 Å². The van der Waals surface area contributed by atoms with Gasteiger partial charge in [0.05, 0.1) is 6.61 Å². The van der Waals surface area contributed by atoms with Gasteiger partial charge in [-0.25, -0.2) is 5.48 Å². The van der Waals surface area contributed by atoms with Gasteiger partial charge < -0.3 is 4.74 Å². The first-order valence-electron chi connectivity index (χ1n) is 7.79. The van der Waals surface area contributed by atoms with Gasteiger partial charge in [-0.15, -0.1) is 0 Å². The van der Waals surface area contributed by atoms with Crippen molar-refractivity contribution in [3.05, 3.63) is 41.5 Å². The van der Waals surface area contributed by atoms with Crippen LogP contribution in [0.5, 0.6) is 5.75 Å². The second-order valence-corrected chi connectivity index (χ2v) is 5.17. The molecule has 2 rings (SSSR count). The zero-order chi connectivity index (χ0) is 16.7. The number of nitrogens with one attached hydrogen (secondary N) is 1. The fourth-order valence-electron chi connectivity index (χ4n) is 2.47. The lowest BCUT2D eigenvalue weighted by Crippen LogP contribution is -2.23. The van der Waals surface area contributed by atoms with Crippen molar-refractivity contribution in [2.75, 3.05) is 6.61 Å². The first-order chi connectivity index (χ1) is 11.2. The number of amides is 1. The van der Waals surface area contributed by atoms with Crippen LogP contribution in [0.2, 0.25) is 0 Å². The minimum Gasteiger partial charge on any atom is -0.428 e. The van der Waals surface area contributed by atoms with Crippen LogP contribution in [0.15, 0.2) is 30.3 Å². The van der Waals surface area contributed by atoms with Gasteiger partial charge >= 0.3 is 0 Å². The maximum Gasteiger partial charge on any atom is 0.298 e. The SMILES string of the molecule is CCCCc1cc(OC=O)c2cccc(C(=O)NOCC)cc1-2. The summed E-state index contributed by atoms with van der Waals surface area (Å²) in [5.41, 5.74) is 5.70. The van der Waals surface area contributed by atoms with Crippen LogP contribution in [0.4, 0.5) is 0 Å². The van der Waals surface area contributed by atoms with Gasteiger partial charge in [0.25, 0.3) is 12.4 Å². The summed E-state index contributed by atoms with van der Waals surface area (Å²) in [5, 5.41) is 0. The van der Waals surface area contributed by atoms with E-state index in [-0.39, 0.29) is 5.91 Å². The molecular formula is C18H21NO4. The number of hydroxylamine groups is 1. The topological polar surface area (TPSA) is 64.6 Å². The Labute approximate surface area is 135 Å². The van der Waals surface area contributed by atoms with E-state index < -0.39 is 0 Å². The first-order valence-corrected chi connectivity index (χ1v) is 7.79. The second kappa shape index (κ2) is 8.29. The molecule has 0 aliphatic heterocycles. The van der Waals surface area contributed by atoms with Crippen molar-refractivity contribution in [2.24, 2.45) is 0 Å². The van der Waals surface area contributed by atoms with Crippen LogP contribution in [0.3, 0.4) is 0 Å². The molecule has 2 aliphatic rings. The highest BCUT2D eigenvalue weighted by atomic mass is 16.6. The fraction of sp³-hybridized carbons (Fsp3) is 0.333. The largest absolute Gasteiger partial charge is 0.428 e. The third kappa shape index (κ3) is 4.07. The number of aryl methyl sites for hydroxylation is 1. The van der Waals surface area contributed by atoms with Gasteiger partial charge in [0.15, 0.2) is 0 Å². The van der Waals surface area contributed by atoms with E-state index in [2.05, 4.69) is 12.4 Å². The van der Waals surface area contributed by atoms with Crippen molar-refractivity contribution in [1.29, 1.82) is 0 Å². The monoisotopic (exact) mass is 315 g/mol. The Hall–Kier alpha value is -2.40. The highest BCUT2D eigenvalue weighted by molar-refractivity contribution is 5.95. The van der Waals surface area contributed by atoms with E-state index in [1.54, 1.807) is 19.1 Å². The Morgan fingerprint density at radius 1 is 1.22 bits per heavy atom. The summed E-state index contributed by atoms with van der Waals surface area (Å²) in [6, 6.07) is 9.01. The molecule has 5 heteroatoms. The number of carbonyl (C=O) groups excluding carboxylic acids is 2. The Balaban J connectivity index is 2.43. The molecule has 0 atom stereocenters. The van der Waals surface area contributed by atoms with E-state index in [0.717, 1.165) is 36.0 Å². The van der Waals surface area contributed by atoms with Gasteiger partial charge in [-0.1, -0.05) is 25.5 Å². The lowest BCUT2D eigenvalue weighted by Gasteiger charge is -2.04. The highest BCUT2D eigenvalue weighted by Crippen LogP contribution is 2.38. The van der Waals surface area contributed by atoms with E-state index in [9.17, 15) is 9.59 Å². The molecule has 0 saturated carbocycles. The van der Waals surface area contributed by atoms with Crippen molar-refractivity contribution >= 4 is 12.4 Å². The molecule has 0 bridgehead atoms. The average molecular weight is 315 g/mol. The molecule has 0 heterocycles. The minimum atomic E-state index is -0.301. The van der Waals surface area contributed by atoms with Gasteiger partial charge in [0.2, 0.25) is 0 Å². The van der Waals surface area contributed by atoms with Gasteiger partial charge in [-0.3, -0.25) is 14.4 Å². The van der Waals surface area contributed by atoms with Crippen LogP contribution < -0.4 is 10.2 Å². The minimum absolute atomic E-state index is 0.301.